The quantitative estimate of drug-likeness (QED) is 0.714. The van der Waals surface area contributed by atoms with E-state index >= 15 is 0 Å². The van der Waals surface area contributed by atoms with Crippen LogP contribution >= 0.6 is 12.4 Å². The Bertz CT molecular complexity index is 331. The summed E-state index contributed by atoms with van der Waals surface area (Å²) >= 11 is 0. The largest absolute Gasteiger partial charge is 0.294 e. The van der Waals surface area contributed by atoms with Gasteiger partial charge in [-0.1, -0.05) is 39.0 Å². The fourth-order valence-electron chi connectivity index (χ4n) is 1.84. The Morgan fingerprint density at radius 3 is 2.27 bits per heavy atom. The number of ketones is 1. The van der Waals surface area contributed by atoms with Crippen LogP contribution in [0.5, 0.6) is 0 Å². The van der Waals surface area contributed by atoms with Crippen molar-refractivity contribution in [3.63, 3.8) is 0 Å². The van der Waals surface area contributed by atoms with Crippen molar-refractivity contribution in [2.75, 3.05) is 0 Å². The normalized spacial score (nSPS) is 9.53. The van der Waals surface area contributed by atoms with E-state index in [0.29, 0.717) is 6.42 Å². The predicted octanol–water partition coefficient (Wildman–Crippen LogP) is 3.83. The molecular weight excluding hydrogens is 208 g/mol. The third-order valence-corrected chi connectivity index (χ3v) is 2.63. The average Bonchev–Trinajstić information content (AvgIpc) is 2.26. The van der Waals surface area contributed by atoms with Crippen LogP contribution < -0.4 is 0 Å². The molecule has 15 heavy (non-hydrogen) atoms. The van der Waals surface area contributed by atoms with Crippen LogP contribution in [0.15, 0.2) is 18.2 Å². The van der Waals surface area contributed by atoms with E-state index in [-0.39, 0.29) is 18.2 Å². The van der Waals surface area contributed by atoms with Crippen LogP contribution in [0, 0.1) is 0 Å². The van der Waals surface area contributed by atoms with E-state index in [9.17, 15) is 4.79 Å². The zero-order valence-electron chi connectivity index (χ0n) is 9.67. The van der Waals surface area contributed by atoms with Crippen molar-refractivity contribution in [1.29, 1.82) is 0 Å². The van der Waals surface area contributed by atoms with Crippen LogP contribution in [0.1, 0.15) is 48.7 Å². The Labute approximate surface area is 98.3 Å². The molecule has 0 aliphatic heterocycles. The van der Waals surface area contributed by atoms with E-state index in [1.807, 2.05) is 19.1 Å². The molecule has 1 nitrogen and oxygen atoms in total. The van der Waals surface area contributed by atoms with Crippen molar-refractivity contribution in [3.05, 3.63) is 34.9 Å². The van der Waals surface area contributed by atoms with Crippen molar-refractivity contribution in [2.45, 2.75) is 40.0 Å². The Morgan fingerprint density at radius 2 is 1.80 bits per heavy atom. The minimum Gasteiger partial charge on any atom is -0.294 e. The Kier molecular flexibility index (Phi) is 6.26. The molecule has 0 bridgehead atoms. The van der Waals surface area contributed by atoms with E-state index in [4.69, 9.17) is 0 Å². The molecule has 0 aliphatic carbocycles. The molecule has 0 radical (unpaired) electrons. The molecule has 84 valence electrons. The summed E-state index contributed by atoms with van der Waals surface area (Å²) in [7, 11) is 0. The molecule has 0 N–H and O–H groups in total. The number of hydrogen-bond donors (Lipinski definition) is 0. The van der Waals surface area contributed by atoms with Gasteiger partial charge in [0.25, 0.3) is 0 Å². The summed E-state index contributed by atoms with van der Waals surface area (Å²) in [6, 6.07) is 6.05. The lowest BCUT2D eigenvalue weighted by molar-refractivity contribution is 0.0987. The minimum atomic E-state index is 0. The lowest BCUT2D eigenvalue weighted by Crippen LogP contribution is -2.04. The van der Waals surface area contributed by atoms with Gasteiger partial charge in [-0.2, -0.15) is 0 Å². The van der Waals surface area contributed by atoms with Gasteiger partial charge in [0.15, 0.2) is 5.78 Å². The molecule has 0 aromatic heterocycles. The van der Waals surface area contributed by atoms with E-state index in [2.05, 4.69) is 19.9 Å². The van der Waals surface area contributed by atoms with E-state index in [0.717, 1.165) is 18.4 Å². The number of hydrogen-bond acceptors (Lipinski definition) is 1. The second kappa shape index (κ2) is 6.62. The highest BCUT2D eigenvalue weighted by molar-refractivity contribution is 5.97. The van der Waals surface area contributed by atoms with Crippen LogP contribution in [-0.2, 0) is 12.8 Å². The maximum absolute atomic E-state index is 11.7. The second-order valence-corrected chi connectivity index (χ2v) is 3.43. The molecule has 0 atom stereocenters. The minimum absolute atomic E-state index is 0. The van der Waals surface area contributed by atoms with Gasteiger partial charge in [-0.25, -0.2) is 0 Å². The van der Waals surface area contributed by atoms with Gasteiger partial charge in [0.1, 0.15) is 0 Å². The van der Waals surface area contributed by atoms with Gasteiger partial charge < -0.3 is 0 Å². The summed E-state index contributed by atoms with van der Waals surface area (Å²) < 4.78 is 0. The fraction of sp³-hybridized carbons (Fsp3) is 0.462. The molecular formula is C13H19ClO. The third-order valence-electron chi connectivity index (χ3n) is 2.63. The summed E-state index contributed by atoms with van der Waals surface area (Å²) in [5.74, 6) is 0.261. The molecule has 0 saturated carbocycles. The summed E-state index contributed by atoms with van der Waals surface area (Å²) in [6.45, 7) is 6.16. The van der Waals surface area contributed by atoms with Crippen LogP contribution in [0.25, 0.3) is 0 Å². The standard InChI is InChI=1S/C13H18O.ClH/c1-4-10-8-7-9-12(11(10)5-2)13(14)6-3;/h7-9H,4-6H2,1-3H3;1H. The molecule has 1 rings (SSSR count). The maximum atomic E-state index is 11.7. The van der Waals surface area contributed by atoms with Gasteiger partial charge in [0, 0.05) is 12.0 Å². The molecule has 1 aromatic carbocycles. The number of carbonyl (C=O) groups excluding carboxylic acids is 1. The van der Waals surface area contributed by atoms with Gasteiger partial charge in [0.05, 0.1) is 0 Å². The van der Waals surface area contributed by atoms with Gasteiger partial charge in [0.2, 0.25) is 0 Å². The first kappa shape index (κ1) is 14.2. The highest BCUT2D eigenvalue weighted by atomic mass is 35.5. The monoisotopic (exact) mass is 226 g/mol. The topological polar surface area (TPSA) is 17.1 Å². The molecule has 0 heterocycles. The van der Waals surface area contributed by atoms with Crippen molar-refractivity contribution in [2.24, 2.45) is 0 Å². The first-order valence-corrected chi connectivity index (χ1v) is 5.38. The van der Waals surface area contributed by atoms with Gasteiger partial charge in [-0.05, 0) is 24.0 Å². The first-order chi connectivity index (χ1) is 6.74. The fourth-order valence-corrected chi connectivity index (χ4v) is 1.84. The molecule has 0 fully saturated rings. The smallest absolute Gasteiger partial charge is 0.162 e. The van der Waals surface area contributed by atoms with Crippen LogP contribution in [-0.4, -0.2) is 5.78 Å². The highest BCUT2D eigenvalue weighted by Crippen LogP contribution is 2.17. The van der Waals surface area contributed by atoms with Crippen molar-refractivity contribution in [3.8, 4) is 0 Å². The third kappa shape index (κ3) is 3.07. The summed E-state index contributed by atoms with van der Waals surface area (Å²) in [5, 5.41) is 0. The number of benzene rings is 1. The molecule has 1 aromatic rings. The zero-order valence-corrected chi connectivity index (χ0v) is 10.5. The molecule has 0 spiro atoms. The zero-order chi connectivity index (χ0) is 10.6. The molecule has 0 unspecified atom stereocenters. The Balaban J connectivity index is 0.00000196. The number of carbonyl (C=O) groups is 1. The van der Waals surface area contributed by atoms with E-state index in [1.165, 1.54) is 11.1 Å². The van der Waals surface area contributed by atoms with Crippen LogP contribution in [0.4, 0.5) is 0 Å². The number of Topliss-reactive ketones (excluding diaryl/α,β-unsaturated/α-hetero) is 1. The predicted molar refractivity (Wildman–Crippen MR) is 67.1 cm³/mol. The summed E-state index contributed by atoms with van der Waals surface area (Å²) in [4.78, 5) is 11.7. The van der Waals surface area contributed by atoms with Crippen LogP contribution in [0.2, 0.25) is 0 Å². The van der Waals surface area contributed by atoms with Gasteiger partial charge in [-0.3, -0.25) is 4.79 Å². The molecule has 2 heteroatoms. The van der Waals surface area contributed by atoms with Crippen molar-refractivity contribution >= 4 is 18.2 Å². The van der Waals surface area contributed by atoms with Crippen LogP contribution in [0.3, 0.4) is 0 Å². The van der Waals surface area contributed by atoms with Gasteiger partial charge in [-0.15, -0.1) is 12.4 Å². The number of rotatable bonds is 4. The lowest BCUT2D eigenvalue weighted by atomic mass is 9.94. The summed E-state index contributed by atoms with van der Waals surface area (Å²) in [6.07, 6.45) is 2.55. The average molecular weight is 227 g/mol. The summed E-state index contributed by atoms with van der Waals surface area (Å²) in [5.41, 5.74) is 3.48. The van der Waals surface area contributed by atoms with E-state index < -0.39 is 0 Å². The lowest BCUT2D eigenvalue weighted by Gasteiger charge is -2.10. The first-order valence-electron chi connectivity index (χ1n) is 5.38. The molecule has 0 saturated heterocycles. The Hall–Kier alpha value is -0.820. The van der Waals surface area contributed by atoms with Gasteiger partial charge >= 0.3 is 0 Å². The molecule has 0 aliphatic rings. The highest BCUT2D eigenvalue weighted by Gasteiger charge is 2.10. The number of aryl methyl sites for hydroxylation is 1. The second-order valence-electron chi connectivity index (χ2n) is 3.43. The maximum Gasteiger partial charge on any atom is 0.162 e. The molecule has 0 amide bonds. The van der Waals surface area contributed by atoms with E-state index in [1.54, 1.807) is 0 Å². The van der Waals surface area contributed by atoms with Crippen molar-refractivity contribution < 1.29 is 4.79 Å². The van der Waals surface area contributed by atoms with Crippen molar-refractivity contribution in [1.82, 2.24) is 0 Å². The Morgan fingerprint density at radius 1 is 1.13 bits per heavy atom. The SMILES string of the molecule is CCC(=O)c1cccc(CC)c1CC.Cl. The number of halogens is 1.